The maximum atomic E-state index is 12.0. The second-order valence-corrected chi connectivity index (χ2v) is 5.88. The third-order valence-corrected chi connectivity index (χ3v) is 2.94. The second-order valence-electron chi connectivity index (χ2n) is 5.88. The van der Waals surface area contributed by atoms with Crippen LogP contribution in [0.3, 0.4) is 0 Å². The molecular formula is C14H21N3O4. The lowest BCUT2D eigenvalue weighted by Crippen LogP contribution is -2.42. The predicted molar refractivity (Wildman–Crippen MR) is 74.8 cm³/mol. The van der Waals surface area contributed by atoms with Crippen LogP contribution in [0.2, 0.25) is 0 Å². The van der Waals surface area contributed by atoms with Crippen molar-refractivity contribution in [3.8, 4) is 0 Å². The van der Waals surface area contributed by atoms with Gasteiger partial charge >= 0.3 is 12.1 Å². The van der Waals surface area contributed by atoms with Gasteiger partial charge in [0.1, 0.15) is 12.3 Å². The number of hydrogen-bond acceptors (Lipinski definition) is 5. The molecule has 7 nitrogen and oxygen atoms in total. The first-order valence-electron chi connectivity index (χ1n) is 7.02. The third kappa shape index (κ3) is 3.74. The van der Waals surface area contributed by atoms with Crippen molar-refractivity contribution in [2.24, 2.45) is 0 Å². The highest BCUT2D eigenvalue weighted by Crippen LogP contribution is 2.17. The Kier molecular flexibility index (Phi) is 4.20. The fourth-order valence-electron chi connectivity index (χ4n) is 2.04. The Morgan fingerprint density at radius 2 is 2.10 bits per heavy atom. The van der Waals surface area contributed by atoms with Gasteiger partial charge in [-0.05, 0) is 33.8 Å². The summed E-state index contributed by atoms with van der Waals surface area (Å²) in [7, 11) is 0. The number of aromatic nitrogens is 2. The number of carbonyl (C=O) groups is 2. The van der Waals surface area contributed by atoms with Crippen LogP contribution in [0.4, 0.5) is 4.79 Å². The van der Waals surface area contributed by atoms with E-state index in [1.165, 1.54) is 0 Å². The summed E-state index contributed by atoms with van der Waals surface area (Å²) in [5.74, 6) is -0.441. The molecule has 1 amide bonds. The number of rotatable bonds is 2. The van der Waals surface area contributed by atoms with Gasteiger partial charge in [0.05, 0.1) is 6.61 Å². The normalized spacial score (nSPS) is 14.6. The van der Waals surface area contributed by atoms with E-state index in [2.05, 4.69) is 5.10 Å². The Balaban J connectivity index is 2.07. The minimum Gasteiger partial charge on any atom is -0.461 e. The number of carbonyl (C=O) groups excluding carboxylic acids is 2. The zero-order chi connectivity index (χ0) is 15.6. The summed E-state index contributed by atoms with van der Waals surface area (Å²) in [6.07, 6.45) is 0.257. The number of hydrogen-bond donors (Lipinski definition) is 0. The van der Waals surface area contributed by atoms with Gasteiger partial charge in [0, 0.05) is 18.7 Å². The van der Waals surface area contributed by atoms with Crippen LogP contribution >= 0.6 is 0 Å². The molecule has 0 aliphatic carbocycles. The number of esters is 1. The van der Waals surface area contributed by atoms with Gasteiger partial charge in [-0.1, -0.05) is 0 Å². The topological polar surface area (TPSA) is 73.7 Å². The van der Waals surface area contributed by atoms with Crippen LogP contribution in [0.1, 0.15) is 43.9 Å². The SMILES string of the molecule is CCOC(=O)c1cc2n(n1)CN(C(=O)OC(C)(C)C)CC2. The molecule has 1 aliphatic rings. The molecule has 116 valence electrons. The van der Waals surface area contributed by atoms with Crippen molar-refractivity contribution in [1.29, 1.82) is 0 Å². The van der Waals surface area contributed by atoms with Crippen molar-refractivity contribution in [2.75, 3.05) is 13.2 Å². The zero-order valence-electron chi connectivity index (χ0n) is 12.9. The molecule has 2 heterocycles. The van der Waals surface area contributed by atoms with E-state index in [1.807, 2.05) is 20.8 Å². The van der Waals surface area contributed by atoms with E-state index in [0.717, 1.165) is 5.69 Å². The molecule has 2 rings (SSSR count). The molecule has 0 saturated carbocycles. The Bertz CT molecular complexity index is 545. The van der Waals surface area contributed by atoms with E-state index >= 15 is 0 Å². The monoisotopic (exact) mass is 295 g/mol. The molecule has 7 heteroatoms. The quantitative estimate of drug-likeness (QED) is 0.778. The van der Waals surface area contributed by atoms with Gasteiger partial charge in [-0.2, -0.15) is 5.10 Å². The maximum absolute atomic E-state index is 12.0. The fraction of sp³-hybridized carbons (Fsp3) is 0.643. The molecule has 0 saturated heterocycles. The van der Waals surface area contributed by atoms with Crippen LogP contribution in [0.5, 0.6) is 0 Å². The van der Waals surface area contributed by atoms with Gasteiger partial charge < -0.3 is 9.47 Å². The lowest BCUT2D eigenvalue weighted by molar-refractivity contribution is 0.0150. The van der Waals surface area contributed by atoms with Crippen molar-refractivity contribution < 1.29 is 19.1 Å². The van der Waals surface area contributed by atoms with Gasteiger partial charge in [-0.15, -0.1) is 0 Å². The minimum atomic E-state index is -0.530. The van der Waals surface area contributed by atoms with Crippen LogP contribution in [-0.2, 0) is 22.6 Å². The molecule has 0 spiro atoms. The number of nitrogens with zero attached hydrogens (tertiary/aromatic N) is 3. The summed E-state index contributed by atoms with van der Waals surface area (Å²) in [6, 6.07) is 1.71. The number of ether oxygens (including phenoxy) is 2. The largest absolute Gasteiger partial charge is 0.461 e. The van der Waals surface area contributed by atoms with Crippen molar-refractivity contribution in [2.45, 2.75) is 46.4 Å². The minimum absolute atomic E-state index is 0.276. The molecule has 0 unspecified atom stereocenters. The highest BCUT2D eigenvalue weighted by Gasteiger charge is 2.27. The van der Waals surface area contributed by atoms with E-state index in [4.69, 9.17) is 9.47 Å². The molecule has 1 aromatic rings. The molecule has 0 N–H and O–H groups in total. The van der Waals surface area contributed by atoms with Crippen LogP contribution in [-0.4, -0.2) is 45.5 Å². The molecule has 0 aromatic carbocycles. The van der Waals surface area contributed by atoms with Gasteiger partial charge in [-0.25, -0.2) is 14.3 Å². The van der Waals surface area contributed by atoms with E-state index in [-0.39, 0.29) is 18.5 Å². The molecule has 1 aromatic heterocycles. The van der Waals surface area contributed by atoms with Gasteiger partial charge in [0.15, 0.2) is 5.69 Å². The molecule has 0 fully saturated rings. The molecule has 0 radical (unpaired) electrons. The van der Waals surface area contributed by atoms with E-state index in [9.17, 15) is 9.59 Å². The first-order valence-corrected chi connectivity index (χ1v) is 7.02. The van der Waals surface area contributed by atoms with E-state index < -0.39 is 11.6 Å². The van der Waals surface area contributed by atoms with Crippen molar-refractivity contribution in [3.05, 3.63) is 17.5 Å². The van der Waals surface area contributed by atoms with Gasteiger partial charge in [0.2, 0.25) is 0 Å². The van der Waals surface area contributed by atoms with Crippen LogP contribution in [0.25, 0.3) is 0 Å². The summed E-state index contributed by atoms with van der Waals surface area (Å²) in [5, 5.41) is 4.19. The molecular weight excluding hydrogens is 274 g/mol. The highest BCUT2D eigenvalue weighted by molar-refractivity contribution is 5.87. The Morgan fingerprint density at radius 1 is 1.38 bits per heavy atom. The summed E-state index contributed by atoms with van der Waals surface area (Å²) in [6.45, 7) is 8.36. The van der Waals surface area contributed by atoms with Crippen molar-refractivity contribution in [3.63, 3.8) is 0 Å². The summed E-state index contributed by atoms with van der Waals surface area (Å²) < 4.78 is 11.9. The standard InChI is InChI=1S/C14H21N3O4/c1-5-20-12(18)11-8-10-6-7-16(9-17(10)15-11)13(19)21-14(2,3)4/h8H,5-7,9H2,1-4H3. The first-order chi connectivity index (χ1) is 9.80. The fourth-order valence-corrected chi connectivity index (χ4v) is 2.04. The van der Waals surface area contributed by atoms with Crippen molar-refractivity contribution >= 4 is 12.1 Å². The van der Waals surface area contributed by atoms with Crippen molar-refractivity contribution in [1.82, 2.24) is 14.7 Å². The van der Waals surface area contributed by atoms with Crippen LogP contribution in [0, 0.1) is 0 Å². The lowest BCUT2D eigenvalue weighted by Gasteiger charge is -2.30. The average molecular weight is 295 g/mol. The number of fused-ring (bicyclic) bond motifs is 1. The van der Waals surface area contributed by atoms with Gasteiger partial charge in [-0.3, -0.25) is 4.90 Å². The maximum Gasteiger partial charge on any atom is 0.411 e. The summed E-state index contributed by atoms with van der Waals surface area (Å²) in [5.41, 5.74) is 0.660. The second kappa shape index (κ2) is 5.75. The Morgan fingerprint density at radius 3 is 2.71 bits per heavy atom. The third-order valence-electron chi connectivity index (χ3n) is 2.94. The van der Waals surface area contributed by atoms with Crippen LogP contribution < -0.4 is 0 Å². The summed E-state index contributed by atoms with van der Waals surface area (Å²) in [4.78, 5) is 25.3. The lowest BCUT2D eigenvalue weighted by atomic mass is 10.2. The molecule has 0 bridgehead atoms. The Labute approximate surface area is 123 Å². The average Bonchev–Trinajstić information content (AvgIpc) is 2.79. The Hall–Kier alpha value is -2.05. The van der Waals surface area contributed by atoms with Crippen LogP contribution in [0.15, 0.2) is 6.07 Å². The molecule has 0 atom stereocenters. The first kappa shape index (κ1) is 15.3. The van der Waals surface area contributed by atoms with Gasteiger partial charge in [0.25, 0.3) is 0 Å². The number of amides is 1. The summed E-state index contributed by atoms with van der Waals surface area (Å²) >= 11 is 0. The highest BCUT2D eigenvalue weighted by atomic mass is 16.6. The zero-order valence-corrected chi connectivity index (χ0v) is 12.9. The predicted octanol–water partition coefficient (Wildman–Crippen LogP) is 1.81. The van der Waals surface area contributed by atoms with E-state index in [1.54, 1.807) is 22.6 Å². The smallest absolute Gasteiger partial charge is 0.411 e. The van der Waals surface area contributed by atoms with E-state index in [0.29, 0.717) is 19.6 Å². The molecule has 1 aliphatic heterocycles. The molecule has 21 heavy (non-hydrogen) atoms.